The van der Waals surface area contributed by atoms with Crippen LogP contribution < -0.4 is 16.4 Å². The summed E-state index contributed by atoms with van der Waals surface area (Å²) in [6, 6.07) is 7.04. The largest absolute Gasteiger partial charge is 0.371 e. The fraction of sp³-hybridized carbons (Fsp3) is 0.579. The summed E-state index contributed by atoms with van der Waals surface area (Å²) < 4.78 is 1.59. The average molecular weight is 371 g/mol. The molecule has 27 heavy (non-hydrogen) atoms. The van der Waals surface area contributed by atoms with E-state index in [4.69, 9.17) is 11.5 Å². The topological polar surface area (TPSA) is 92.5 Å². The van der Waals surface area contributed by atoms with Crippen LogP contribution in [0.5, 0.6) is 0 Å². The molecule has 8 heteroatoms. The van der Waals surface area contributed by atoms with E-state index in [9.17, 15) is 0 Å². The Bertz CT molecular complexity index is 785. The Morgan fingerprint density at radius 2 is 1.70 bits per heavy atom. The molecule has 0 atom stereocenters. The molecule has 2 aliphatic heterocycles. The number of hydrogen-bond donors (Lipinski definition) is 2. The lowest BCUT2D eigenvalue weighted by molar-refractivity contribution is 0.0982. The van der Waals surface area contributed by atoms with Gasteiger partial charge in [0.1, 0.15) is 0 Å². The molecule has 8 nitrogen and oxygen atoms in total. The first-order valence-electron chi connectivity index (χ1n) is 9.78. The Kier molecular flexibility index (Phi) is 4.92. The third kappa shape index (κ3) is 3.72. The monoisotopic (exact) mass is 370 g/mol. The molecule has 146 valence electrons. The molecule has 2 saturated heterocycles. The summed E-state index contributed by atoms with van der Waals surface area (Å²) >= 11 is 0. The van der Waals surface area contributed by atoms with Crippen molar-refractivity contribution in [2.45, 2.75) is 25.8 Å². The molecule has 0 radical (unpaired) electrons. The summed E-state index contributed by atoms with van der Waals surface area (Å²) in [4.78, 5) is 11.6. The third-order valence-corrected chi connectivity index (χ3v) is 5.93. The van der Waals surface area contributed by atoms with Gasteiger partial charge < -0.3 is 21.3 Å². The van der Waals surface area contributed by atoms with E-state index in [0.717, 1.165) is 24.8 Å². The van der Waals surface area contributed by atoms with E-state index >= 15 is 0 Å². The van der Waals surface area contributed by atoms with Crippen molar-refractivity contribution < 1.29 is 0 Å². The summed E-state index contributed by atoms with van der Waals surface area (Å²) in [6.07, 6.45) is 2.47. The molecule has 3 heterocycles. The van der Waals surface area contributed by atoms with E-state index in [1.165, 1.54) is 50.3 Å². The number of anilines is 3. The number of nitrogen functional groups attached to an aromatic ring is 2. The Labute approximate surface area is 160 Å². The molecule has 0 bridgehead atoms. The van der Waals surface area contributed by atoms with Gasteiger partial charge in [-0.05, 0) is 50.6 Å². The highest BCUT2D eigenvalue weighted by atomic mass is 15.4. The van der Waals surface area contributed by atoms with E-state index in [1.807, 2.05) is 6.07 Å². The van der Waals surface area contributed by atoms with Gasteiger partial charge in [-0.3, -0.25) is 4.90 Å². The fourth-order valence-electron chi connectivity index (χ4n) is 4.32. The van der Waals surface area contributed by atoms with Crippen molar-refractivity contribution in [1.29, 1.82) is 0 Å². The van der Waals surface area contributed by atoms with Crippen LogP contribution in [0.3, 0.4) is 0 Å². The summed E-state index contributed by atoms with van der Waals surface area (Å²) in [5.74, 6) is 0.507. The molecule has 0 aliphatic carbocycles. The van der Waals surface area contributed by atoms with E-state index in [1.54, 1.807) is 4.68 Å². The number of benzene rings is 1. The quantitative estimate of drug-likeness (QED) is 0.831. The molecule has 0 spiro atoms. The first kappa shape index (κ1) is 18.1. The zero-order valence-electron chi connectivity index (χ0n) is 16.3. The normalized spacial score (nSPS) is 20.3. The number of piperazine rings is 1. The smallest absolute Gasteiger partial charge is 0.241 e. The van der Waals surface area contributed by atoms with Crippen LogP contribution in [0.15, 0.2) is 18.2 Å². The minimum absolute atomic E-state index is 0.195. The van der Waals surface area contributed by atoms with Crippen LogP contribution in [-0.2, 0) is 0 Å². The van der Waals surface area contributed by atoms with Crippen LogP contribution in [0.2, 0.25) is 0 Å². The Morgan fingerprint density at radius 3 is 2.30 bits per heavy atom. The SMILES string of the molecule is Cc1cc(-n2nc(N)nc2N)ccc1N1CCC(N2CCN(C)CC2)CC1. The molecular formula is C19H30N8. The Balaban J connectivity index is 1.42. The molecule has 2 aliphatic rings. The molecule has 2 fully saturated rings. The standard InChI is InChI=1S/C19H30N8/c1-14-13-16(27-19(21)22-18(20)23-27)3-4-17(14)26-7-5-15(6-8-26)25-11-9-24(2)10-12-25/h3-4,13,15H,5-12H2,1-2H3,(H4,20,21,22,23). The summed E-state index contributed by atoms with van der Waals surface area (Å²) in [6.45, 7) is 9.15. The molecule has 0 unspecified atom stereocenters. The van der Waals surface area contributed by atoms with Gasteiger partial charge in [0.05, 0.1) is 5.69 Å². The van der Waals surface area contributed by atoms with Crippen molar-refractivity contribution in [3.8, 4) is 5.69 Å². The van der Waals surface area contributed by atoms with Crippen molar-refractivity contribution in [1.82, 2.24) is 24.6 Å². The third-order valence-electron chi connectivity index (χ3n) is 5.93. The van der Waals surface area contributed by atoms with Crippen LogP contribution in [0.1, 0.15) is 18.4 Å². The molecule has 0 saturated carbocycles. The van der Waals surface area contributed by atoms with Crippen molar-refractivity contribution in [2.75, 3.05) is 62.7 Å². The summed E-state index contributed by atoms with van der Waals surface area (Å²) in [5.41, 5.74) is 14.9. The highest BCUT2D eigenvalue weighted by Gasteiger charge is 2.27. The van der Waals surface area contributed by atoms with Gasteiger partial charge in [0.15, 0.2) is 0 Å². The summed E-state index contributed by atoms with van der Waals surface area (Å²) in [7, 11) is 2.22. The lowest BCUT2D eigenvalue weighted by atomic mass is 10.0. The molecule has 4 rings (SSSR count). The molecule has 1 aromatic carbocycles. The average Bonchev–Trinajstić information content (AvgIpc) is 3.01. The van der Waals surface area contributed by atoms with Crippen LogP contribution >= 0.6 is 0 Å². The molecule has 2 aromatic rings. The number of aromatic nitrogens is 3. The van der Waals surface area contributed by atoms with Gasteiger partial charge >= 0.3 is 0 Å². The second-order valence-electron chi connectivity index (χ2n) is 7.77. The van der Waals surface area contributed by atoms with Gasteiger partial charge in [0.2, 0.25) is 11.9 Å². The predicted molar refractivity (Wildman–Crippen MR) is 109 cm³/mol. The first-order valence-corrected chi connectivity index (χ1v) is 9.78. The highest BCUT2D eigenvalue weighted by Crippen LogP contribution is 2.28. The minimum atomic E-state index is 0.195. The van der Waals surface area contributed by atoms with Gasteiger partial charge in [0, 0.05) is 51.0 Å². The van der Waals surface area contributed by atoms with E-state index in [-0.39, 0.29) is 5.95 Å². The second kappa shape index (κ2) is 7.36. The second-order valence-corrected chi connectivity index (χ2v) is 7.77. The molecule has 1 aromatic heterocycles. The number of hydrogen-bond acceptors (Lipinski definition) is 7. The number of aryl methyl sites for hydroxylation is 1. The highest BCUT2D eigenvalue weighted by molar-refractivity contribution is 5.58. The number of nitrogens with two attached hydrogens (primary N) is 2. The minimum Gasteiger partial charge on any atom is -0.371 e. The predicted octanol–water partition coefficient (Wildman–Crippen LogP) is 0.956. The van der Waals surface area contributed by atoms with Gasteiger partial charge in [-0.25, -0.2) is 0 Å². The van der Waals surface area contributed by atoms with E-state index in [0.29, 0.717) is 5.95 Å². The molecule has 4 N–H and O–H groups in total. The van der Waals surface area contributed by atoms with Crippen molar-refractivity contribution in [2.24, 2.45) is 0 Å². The number of rotatable bonds is 3. The van der Waals surface area contributed by atoms with Crippen molar-refractivity contribution in [3.63, 3.8) is 0 Å². The zero-order valence-corrected chi connectivity index (χ0v) is 16.3. The maximum Gasteiger partial charge on any atom is 0.241 e. The van der Waals surface area contributed by atoms with Gasteiger partial charge in [-0.15, -0.1) is 5.10 Å². The summed E-state index contributed by atoms with van der Waals surface area (Å²) in [5, 5.41) is 4.17. The van der Waals surface area contributed by atoms with Crippen molar-refractivity contribution >= 4 is 17.6 Å². The Morgan fingerprint density at radius 1 is 1.00 bits per heavy atom. The van der Waals surface area contributed by atoms with E-state index < -0.39 is 0 Å². The zero-order chi connectivity index (χ0) is 19.0. The lowest BCUT2D eigenvalue weighted by Crippen LogP contribution is -2.52. The lowest BCUT2D eigenvalue weighted by Gasteiger charge is -2.42. The van der Waals surface area contributed by atoms with E-state index in [2.05, 4.69) is 50.9 Å². The van der Waals surface area contributed by atoms with Crippen LogP contribution in [0, 0.1) is 6.92 Å². The number of nitrogens with zero attached hydrogens (tertiary/aromatic N) is 6. The maximum absolute atomic E-state index is 5.89. The first-order chi connectivity index (χ1) is 13.0. The van der Waals surface area contributed by atoms with Gasteiger partial charge in [-0.1, -0.05) is 0 Å². The number of likely N-dealkylation sites (N-methyl/N-ethyl adjacent to an activating group) is 1. The van der Waals surface area contributed by atoms with Gasteiger partial charge in [-0.2, -0.15) is 9.67 Å². The Hall–Kier alpha value is -2.32. The molecule has 0 amide bonds. The number of piperidine rings is 1. The molecular weight excluding hydrogens is 340 g/mol. The van der Waals surface area contributed by atoms with Crippen molar-refractivity contribution in [3.05, 3.63) is 23.8 Å². The van der Waals surface area contributed by atoms with Crippen LogP contribution in [0.4, 0.5) is 17.6 Å². The van der Waals surface area contributed by atoms with Crippen LogP contribution in [-0.4, -0.2) is 76.9 Å². The maximum atomic E-state index is 5.89. The fourth-order valence-corrected chi connectivity index (χ4v) is 4.32. The van der Waals surface area contributed by atoms with Gasteiger partial charge in [0.25, 0.3) is 0 Å². The van der Waals surface area contributed by atoms with Crippen LogP contribution in [0.25, 0.3) is 5.69 Å².